The number of fused-ring (bicyclic) bond motifs is 2. The minimum atomic E-state index is 1.02. The summed E-state index contributed by atoms with van der Waals surface area (Å²) in [4.78, 5) is 8.94. The highest BCUT2D eigenvalue weighted by atomic mass is 32.2. The van der Waals surface area contributed by atoms with Crippen LogP contribution in [0, 0.1) is 0 Å². The minimum Gasteiger partial charge on any atom is -0.305 e. The Bertz CT molecular complexity index is 719. The largest absolute Gasteiger partial charge is 0.305 e. The highest BCUT2D eigenvalue weighted by molar-refractivity contribution is 7.98. The maximum Gasteiger partial charge on any atom is 0.0992 e. The van der Waals surface area contributed by atoms with Gasteiger partial charge in [-0.05, 0) is 6.07 Å². The Hall–Kier alpha value is -1.81. The number of benzene rings is 1. The molecule has 1 aromatic carbocycles. The Morgan fingerprint density at radius 1 is 1.17 bits per heavy atom. The van der Waals surface area contributed by atoms with E-state index in [0.29, 0.717) is 0 Å². The lowest BCUT2D eigenvalue weighted by molar-refractivity contribution is 1.03. The smallest absolute Gasteiger partial charge is 0.0992 e. The molecule has 0 spiro atoms. The molecule has 0 radical (unpaired) electrons. The van der Waals surface area contributed by atoms with Crippen LogP contribution in [0.5, 0.6) is 0 Å². The molecule has 0 unspecified atom stereocenters. The molecule has 2 aromatic heterocycles. The molecule has 18 heavy (non-hydrogen) atoms. The number of imidazole rings is 1. The zero-order valence-electron chi connectivity index (χ0n) is 9.71. The van der Waals surface area contributed by atoms with Crippen LogP contribution in [0.3, 0.4) is 0 Å². The summed E-state index contributed by atoms with van der Waals surface area (Å²) in [5.41, 5.74) is 4.90. The number of nitrogens with zero attached hydrogens (tertiary/aromatic N) is 3. The van der Waals surface area contributed by atoms with Gasteiger partial charge in [0.05, 0.1) is 23.2 Å². The van der Waals surface area contributed by atoms with Crippen molar-refractivity contribution in [2.45, 2.75) is 11.5 Å². The summed E-state index contributed by atoms with van der Waals surface area (Å²) in [5, 5.41) is 1.21. The second-order valence-corrected chi connectivity index (χ2v) is 5.35. The van der Waals surface area contributed by atoms with Crippen LogP contribution in [0.1, 0.15) is 11.3 Å². The van der Waals surface area contributed by atoms with Gasteiger partial charge in [-0.15, -0.1) is 0 Å². The fourth-order valence-electron chi connectivity index (χ4n) is 2.49. The van der Waals surface area contributed by atoms with E-state index in [1.807, 2.05) is 36.5 Å². The molecule has 0 atom stereocenters. The molecule has 1 aliphatic heterocycles. The van der Waals surface area contributed by atoms with Crippen LogP contribution in [-0.2, 0) is 11.5 Å². The highest BCUT2D eigenvalue weighted by Crippen LogP contribution is 2.36. The van der Waals surface area contributed by atoms with Gasteiger partial charge in [-0.3, -0.25) is 4.98 Å². The van der Waals surface area contributed by atoms with Gasteiger partial charge in [0.1, 0.15) is 0 Å². The van der Waals surface area contributed by atoms with E-state index in [2.05, 4.69) is 27.8 Å². The first kappa shape index (κ1) is 10.1. The molecule has 0 amide bonds. The van der Waals surface area contributed by atoms with Crippen molar-refractivity contribution in [2.24, 2.45) is 0 Å². The van der Waals surface area contributed by atoms with Crippen LogP contribution in [-0.4, -0.2) is 14.5 Å². The van der Waals surface area contributed by atoms with Crippen molar-refractivity contribution in [1.29, 1.82) is 0 Å². The third-order valence-corrected chi connectivity index (χ3v) is 4.27. The van der Waals surface area contributed by atoms with Gasteiger partial charge >= 0.3 is 0 Å². The third-order valence-electron chi connectivity index (χ3n) is 3.30. The van der Waals surface area contributed by atoms with Crippen LogP contribution in [0.15, 0.2) is 43.0 Å². The molecule has 1 aliphatic rings. The van der Waals surface area contributed by atoms with Gasteiger partial charge in [0, 0.05) is 34.8 Å². The lowest BCUT2D eigenvalue weighted by Crippen LogP contribution is -2.01. The Kier molecular flexibility index (Phi) is 2.17. The Morgan fingerprint density at radius 3 is 3.00 bits per heavy atom. The van der Waals surface area contributed by atoms with Crippen molar-refractivity contribution in [3.63, 3.8) is 0 Å². The average Bonchev–Trinajstić information content (AvgIpc) is 3.06. The number of aromatic nitrogens is 3. The van der Waals surface area contributed by atoms with E-state index in [-0.39, 0.29) is 0 Å². The van der Waals surface area contributed by atoms with E-state index in [9.17, 15) is 0 Å². The van der Waals surface area contributed by atoms with Gasteiger partial charge in [0.2, 0.25) is 0 Å². The molecule has 3 heterocycles. The molecular formula is C14H11N3S. The maximum atomic E-state index is 4.77. The molecule has 3 aromatic rings. The highest BCUT2D eigenvalue weighted by Gasteiger charge is 2.20. The van der Waals surface area contributed by atoms with Crippen LogP contribution < -0.4 is 0 Å². The fourth-order valence-corrected chi connectivity index (χ4v) is 3.53. The monoisotopic (exact) mass is 253 g/mol. The zero-order chi connectivity index (χ0) is 11.9. The molecule has 4 heteroatoms. The summed E-state index contributed by atoms with van der Waals surface area (Å²) < 4.78 is 2.11. The summed E-state index contributed by atoms with van der Waals surface area (Å²) in [6, 6.07) is 8.33. The van der Waals surface area contributed by atoms with E-state index in [1.165, 1.54) is 22.3 Å². The fraction of sp³-hybridized carbons (Fsp3) is 0.143. The van der Waals surface area contributed by atoms with Gasteiger partial charge < -0.3 is 4.57 Å². The van der Waals surface area contributed by atoms with Crippen LogP contribution in [0.2, 0.25) is 0 Å². The predicted molar refractivity (Wildman–Crippen MR) is 73.9 cm³/mol. The maximum absolute atomic E-state index is 4.77. The summed E-state index contributed by atoms with van der Waals surface area (Å²) in [5.74, 6) is 2.06. The van der Waals surface area contributed by atoms with E-state index in [0.717, 1.165) is 17.0 Å². The molecule has 0 N–H and O–H groups in total. The summed E-state index contributed by atoms with van der Waals surface area (Å²) in [6.45, 7) is 0. The van der Waals surface area contributed by atoms with Gasteiger partial charge in [0.15, 0.2) is 0 Å². The van der Waals surface area contributed by atoms with Gasteiger partial charge in [-0.1, -0.05) is 18.2 Å². The summed E-state index contributed by atoms with van der Waals surface area (Å²) >= 11 is 1.93. The van der Waals surface area contributed by atoms with Gasteiger partial charge in [-0.25, -0.2) is 4.98 Å². The van der Waals surface area contributed by atoms with E-state index in [1.54, 1.807) is 0 Å². The second-order valence-electron chi connectivity index (χ2n) is 4.37. The number of hydrogen-bond donors (Lipinski definition) is 0. The molecule has 0 fully saturated rings. The number of pyridine rings is 1. The van der Waals surface area contributed by atoms with Crippen molar-refractivity contribution in [3.8, 4) is 5.69 Å². The SMILES string of the molecule is c1ccc2c(-n3ccnc3)c3c(nc2c1)CSC3. The number of rotatable bonds is 1. The van der Waals surface area contributed by atoms with Gasteiger partial charge in [0.25, 0.3) is 0 Å². The number of thioether (sulfide) groups is 1. The van der Waals surface area contributed by atoms with E-state index >= 15 is 0 Å². The first-order valence-electron chi connectivity index (χ1n) is 5.90. The lowest BCUT2D eigenvalue weighted by atomic mass is 10.1. The Balaban J connectivity index is 2.15. The molecule has 88 valence electrons. The molecule has 3 nitrogen and oxygen atoms in total. The minimum absolute atomic E-state index is 1.02. The molecular weight excluding hydrogens is 242 g/mol. The average molecular weight is 253 g/mol. The van der Waals surface area contributed by atoms with Crippen molar-refractivity contribution in [3.05, 3.63) is 54.2 Å². The summed E-state index contributed by atoms with van der Waals surface area (Å²) in [7, 11) is 0. The first-order chi connectivity index (χ1) is 8.93. The topological polar surface area (TPSA) is 30.7 Å². The quantitative estimate of drug-likeness (QED) is 0.667. The van der Waals surface area contributed by atoms with Crippen molar-refractivity contribution >= 4 is 22.7 Å². The predicted octanol–water partition coefficient (Wildman–Crippen LogP) is 3.17. The molecule has 0 saturated carbocycles. The lowest BCUT2D eigenvalue weighted by Gasteiger charge is -2.12. The van der Waals surface area contributed by atoms with Gasteiger partial charge in [-0.2, -0.15) is 11.8 Å². The first-order valence-corrected chi connectivity index (χ1v) is 7.05. The normalized spacial score (nSPS) is 14.0. The second kappa shape index (κ2) is 3.85. The Morgan fingerprint density at radius 2 is 2.11 bits per heavy atom. The molecule has 0 aliphatic carbocycles. The van der Waals surface area contributed by atoms with Crippen LogP contribution in [0.4, 0.5) is 0 Å². The van der Waals surface area contributed by atoms with Crippen LogP contribution >= 0.6 is 11.8 Å². The zero-order valence-corrected chi connectivity index (χ0v) is 10.5. The third kappa shape index (κ3) is 1.39. The number of para-hydroxylation sites is 1. The number of hydrogen-bond acceptors (Lipinski definition) is 3. The van der Waals surface area contributed by atoms with Crippen LogP contribution in [0.25, 0.3) is 16.6 Å². The van der Waals surface area contributed by atoms with Crippen molar-refractivity contribution in [2.75, 3.05) is 0 Å². The van der Waals surface area contributed by atoms with E-state index in [4.69, 9.17) is 4.98 Å². The van der Waals surface area contributed by atoms with Crippen molar-refractivity contribution in [1.82, 2.24) is 14.5 Å². The van der Waals surface area contributed by atoms with Crippen molar-refractivity contribution < 1.29 is 0 Å². The molecule has 0 saturated heterocycles. The van der Waals surface area contributed by atoms with E-state index < -0.39 is 0 Å². The molecule has 4 rings (SSSR count). The summed E-state index contributed by atoms with van der Waals surface area (Å²) in [6.07, 6.45) is 5.69. The molecule has 0 bridgehead atoms. The Labute approximate surface area is 109 Å². The standard InChI is InChI=1S/C14H11N3S/c1-2-4-12-10(3-1)14(17-6-5-15-9-17)11-7-18-8-13(11)16-12/h1-6,9H,7-8H2.